The molecule has 0 aliphatic rings. The fourth-order valence-electron chi connectivity index (χ4n) is 0. The predicted octanol–water partition coefficient (Wildman–Crippen LogP) is -3.66. The summed E-state index contributed by atoms with van der Waals surface area (Å²) in [6, 6.07) is 0. The zero-order chi connectivity index (χ0) is 0. The van der Waals surface area contributed by atoms with Gasteiger partial charge in [-0.05, 0) is 0 Å². The Morgan fingerprint density at radius 2 is 0.600 bits per heavy atom. The molecule has 0 saturated heterocycles. The van der Waals surface area contributed by atoms with Crippen LogP contribution in [-0.2, 0) is 21.1 Å². The third-order valence-electron chi connectivity index (χ3n) is 0. The summed E-state index contributed by atoms with van der Waals surface area (Å²) < 4.78 is 0. The first kappa shape index (κ1) is 131. The maximum atomic E-state index is 0. The van der Waals surface area contributed by atoms with Crippen LogP contribution in [0.4, 0.5) is 0 Å². The van der Waals surface area contributed by atoms with Gasteiger partial charge in [0.25, 0.3) is 0 Å². The minimum atomic E-state index is 0. The van der Waals surface area contributed by atoms with Crippen LogP contribution in [0.5, 0.6) is 0 Å². The third kappa shape index (κ3) is 40.5. The largest absolute Gasteiger partial charge is 0.412 e. The Morgan fingerprint density at radius 3 is 0.600 bits per heavy atom. The van der Waals surface area contributed by atoms with Crippen molar-refractivity contribution in [1.82, 2.24) is 0 Å². The molecule has 0 aromatic carbocycles. The zero-order valence-electron chi connectivity index (χ0n) is 1.91. The van der Waals surface area contributed by atoms with E-state index in [1.165, 1.54) is 0 Å². The Kier molecular flexibility index (Phi) is 1850. The monoisotopic (exact) mass is 182 g/mol. The number of hydrogen-bond acceptors (Lipinski definition) is 0. The van der Waals surface area contributed by atoms with E-state index in [-0.39, 0.29) is 54.9 Å². The Bertz CT molecular complexity index is 6.85. The van der Waals surface area contributed by atoms with Crippen molar-refractivity contribution >= 4 is 17.4 Å². The molecule has 0 aromatic rings. The Morgan fingerprint density at radius 1 is 0.600 bits per heavy atom. The molecule has 0 aromatic heterocycles. The molecule has 5 heavy (non-hydrogen) atoms. The van der Waals surface area contributed by atoms with Gasteiger partial charge in [0.05, 0.1) is 0 Å². The van der Waals surface area contributed by atoms with Crippen molar-refractivity contribution < 1.29 is 37.5 Å². The molecular weight excluding hydrogens is 171 g/mol. The van der Waals surface area contributed by atoms with Gasteiger partial charge < -0.3 is 16.4 Å². The molecule has 0 unspecified atom stereocenters. The molecule has 0 aliphatic carbocycles. The maximum absolute atomic E-state index is 0. The molecule has 6 N–H and O–H groups in total. The third-order valence-corrected chi connectivity index (χ3v) is 0. The maximum Gasteiger partial charge on any atom is 0.187 e. The molecule has 0 amide bonds. The van der Waals surface area contributed by atoms with Gasteiger partial charge in [-0.25, -0.2) is 0 Å². The van der Waals surface area contributed by atoms with Crippen LogP contribution in [-0.4, -0.2) is 33.8 Å². The summed E-state index contributed by atoms with van der Waals surface area (Å²) in [5, 5.41) is 0. The van der Waals surface area contributed by atoms with Gasteiger partial charge in [-0.2, -0.15) is 0 Å². The second kappa shape index (κ2) is 70.8. The van der Waals surface area contributed by atoms with Crippen molar-refractivity contribution in [3.8, 4) is 0 Å². The number of rotatable bonds is 0. The van der Waals surface area contributed by atoms with Crippen LogP contribution >= 0.6 is 0 Å². The molecule has 0 fully saturated rings. The summed E-state index contributed by atoms with van der Waals surface area (Å²) in [6.07, 6.45) is 0. The fraction of sp³-hybridized carbons (Fsp3) is 0. The van der Waals surface area contributed by atoms with E-state index in [1.54, 1.807) is 0 Å². The average Bonchev–Trinajstić information content (AvgIpc) is 0. The van der Waals surface area contributed by atoms with Crippen molar-refractivity contribution in [2.24, 2.45) is 0 Å². The van der Waals surface area contributed by atoms with Crippen LogP contribution in [0.3, 0.4) is 0 Å². The fourth-order valence-corrected chi connectivity index (χ4v) is 0. The molecule has 0 atom stereocenters. The molecule has 0 radical (unpaired) electrons. The molecule has 36 valence electrons. The summed E-state index contributed by atoms with van der Waals surface area (Å²) in [4.78, 5) is 0. The predicted molar refractivity (Wildman–Crippen MR) is 20.8 cm³/mol. The standard InChI is InChI=1S/Al.Mo.3H2O.3H/h;;3*1H2;;;. The van der Waals surface area contributed by atoms with E-state index in [2.05, 4.69) is 0 Å². The first-order valence-corrected chi connectivity index (χ1v) is 0. The summed E-state index contributed by atoms with van der Waals surface area (Å²) in [5.41, 5.74) is 0. The van der Waals surface area contributed by atoms with Crippen LogP contribution in [0.15, 0.2) is 0 Å². The van der Waals surface area contributed by atoms with E-state index < -0.39 is 0 Å². The van der Waals surface area contributed by atoms with E-state index in [0.29, 0.717) is 0 Å². The molecular formula is H9AlMoO3. The minimum absolute atomic E-state index is 0. The van der Waals surface area contributed by atoms with Crippen molar-refractivity contribution in [3.05, 3.63) is 0 Å². The average molecular weight is 180 g/mol. The van der Waals surface area contributed by atoms with Crippen molar-refractivity contribution in [2.75, 3.05) is 0 Å². The van der Waals surface area contributed by atoms with Gasteiger partial charge in [0.1, 0.15) is 0 Å². The first-order chi connectivity index (χ1) is 0. The second-order valence-electron chi connectivity index (χ2n) is 0. The minimum Gasteiger partial charge on any atom is -0.412 e. The topological polar surface area (TPSA) is 94.5 Å². The van der Waals surface area contributed by atoms with Crippen LogP contribution in [0.1, 0.15) is 0 Å². The van der Waals surface area contributed by atoms with Crippen molar-refractivity contribution in [3.63, 3.8) is 0 Å². The Hall–Kier alpha value is 1.10. The molecule has 0 aliphatic heterocycles. The molecule has 5 heteroatoms. The summed E-state index contributed by atoms with van der Waals surface area (Å²) in [6.45, 7) is 0. The normalized spacial score (nSPS) is 0. The smallest absolute Gasteiger partial charge is 0.187 e. The second-order valence-corrected chi connectivity index (χ2v) is 0. The van der Waals surface area contributed by atoms with Gasteiger partial charge in [0.2, 0.25) is 0 Å². The molecule has 3 nitrogen and oxygen atoms in total. The quantitative estimate of drug-likeness (QED) is 0.343. The van der Waals surface area contributed by atoms with E-state index in [9.17, 15) is 0 Å². The van der Waals surface area contributed by atoms with Crippen LogP contribution in [0.2, 0.25) is 0 Å². The van der Waals surface area contributed by atoms with Crippen LogP contribution in [0, 0.1) is 0 Å². The van der Waals surface area contributed by atoms with Gasteiger partial charge in [0.15, 0.2) is 17.4 Å². The van der Waals surface area contributed by atoms with Crippen molar-refractivity contribution in [1.29, 1.82) is 0 Å². The Labute approximate surface area is 55.1 Å². The summed E-state index contributed by atoms with van der Waals surface area (Å²) in [7, 11) is 0. The molecule has 0 spiro atoms. The van der Waals surface area contributed by atoms with Gasteiger partial charge in [-0.15, -0.1) is 0 Å². The van der Waals surface area contributed by atoms with E-state index >= 15 is 0 Å². The SMILES string of the molecule is O.O.O.[AlH3].[Mo]. The van der Waals surface area contributed by atoms with Gasteiger partial charge in [-0.3, -0.25) is 0 Å². The molecule has 0 rings (SSSR count). The zero-order valence-corrected chi connectivity index (χ0v) is 3.92. The van der Waals surface area contributed by atoms with Gasteiger partial charge in [0, 0.05) is 21.1 Å². The van der Waals surface area contributed by atoms with Gasteiger partial charge in [-0.1, -0.05) is 0 Å². The summed E-state index contributed by atoms with van der Waals surface area (Å²) in [5.74, 6) is 0. The van der Waals surface area contributed by atoms with Crippen molar-refractivity contribution in [2.45, 2.75) is 0 Å². The Balaban J connectivity index is 0. The van der Waals surface area contributed by atoms with Gasteiger partial charge >= 0.3 is 0 Å². The number of hydrogen-bond donors (Lipinski definition) is 0. The molecule has 0 heterocycles. The first-order valence-electron chi connectivity index (χ1n) is 0. The van der Waals surface area contributed by atoms with E-state index in [4.69, 9.17) is 0 Å². The van der Waals surface area contributed by atoms with E-state index in [0.717, 1.165) is 0 Å². The summed E-state index contributed by atoms with van der Waals surface area (Å²) >= 11 is 0. The molecule has 0 saturated carbocycles. The van der Waals surface area contributed by atoms with Crippen LogP contribution < -0.4 is 0 Å². The van der Waals surface area contributed by atoms with Crippen LogP contribution in [0.25, 0.3) is 0 Å². The van der Waals surface area contributed by atoms with E-state index in [1.807, 2.05) is 0 Å². The molecule has 0 bridgehead atoms.